The molecule has 19 heavy (non-hydrogen) atoms. The lowest BCUT2D eigenvalue weighted by atomic mass is 10.2. The molecule has 1 aromatic heterocycles. The molecule has 2 rings (SSSR count). The van der Waals surface area contributed by atoms with Gasteiger partial charge in [-0.2, -0.15) is 14.6 Å². The Labute approximate surface area is 106 Å². The Morgan fingerprint density at radius 2 is 2.16 bits per heavy atom. The molecule has 0 saturated carbocycles. The van der Waals surface area contributed by atoms with Crippen molar-refractivity contribution in [3.8, 4) is 17.7 Å². The van der Waals surface area contributed by atoms with Crippen molar-refractivity contribution in [2.75, 3.05) is 0 Å². The zero-order valence-corrected chi connectivity index (χ0v) is 9.41. The monoisotopic (exact) mass is 259 g/mol. The van der Waals surface area contributed by atoms with Crippen molar-refractivity contribution in [1.29, 1.82) is 5.26 Å². The molecular weight excluding hydrogens is 253 g/mol. The number of nitriles is 1. The molecule has 1 aromatic carbocycles. The molecule has 6 nitrogen and oxygen atoms in total. The highest BCUT2D eigenvalue weighted by molar-refractivity contribution is 5.52. The van der Waals surface area contributed by atoms with Crippen molar-refractivity contribution in [1.82, 2.24) is 4.98 Å². The van der Waals surface area contributed by atoms with Crippen LogP contribution in [0.5, 0.6) is 11.6 Å². The van der Waals surface area contributed by atoms with Gasteiger partial charge in [0.15, 0.2) is 0 Å². The number of aromatic nitrogens is 1. The molecule has 1 heterocycles. The summed E-state index contributed by atoms with van der Waals surface area (Å²) < 4.78 is 18.0. The molecule has 0 aliphatic carbocycles. The standard InChI is InChI=1S/C12H6FN3O3/c13-11-2-1-3-12(15-11)19-10-5-4-8(7-14)6-9(10)16(17)18/h1-6H. The SMILES string of the molecule is N#Cc1ccc(Oc2cccc(F)n2)c([N+](=O)[O-])c1. The number of hydrogen-bond acceptors (Lipinski definition) is 5. The summed E-state index contributed by atoms with van der Waals surface area (Å²) in [6.07, 6.45) is 0. The molecule has 0 radical (unpaired) electrons. The molecule has 0 aliphatic heterocycles. The summed E-state index contributed by atoms with van der Waals surface area (Å²) >= 11 is 0. The van der Waals surface area contributed by atoms with E-state index in [2.05, 4.69) is 4.98 Å². The fourth-order valence-corrected chi connectivity index (χ4v) is 1.38. The lowest BCUT2D eigenvalue weighted by Gasteiger charge is -2.05. The van der Waals surface area contributed by atoms with E-state index in [1.54, 1.807) is 6.07 Å². The van der Waals surface area contributed by atoms with E-state index >= 15 is 0 Å². The van der Waals surface area contributed by atoms with E-state index in [9.17, 15) is 14.5 Å². The third-order valence-corrected chi connectivity index (χ3v) is 2.19. The van der Waals surface area contributed by atoms with Crippen molar-refractivity contribution in [3.05, 3.63) is 58.0 Å². The third kappa shape index (κ3) is 2.81. The van der Waals surface area contributed by atoms with Gasteiger partial charge in [-0.25, -0.2) is 0 Å². The highest BCUT2D eigenvalue weighted by Gasteiger charge is 2.17. The minimum atomic E-state index is -0.756. The Morgan fingerprint density at radius 1 is 1.37 bits per heavy atom. The number of pyridine rings is 1. The van der Waals surface area contributed by atoms with Crippen LogP contribution in [-0.2, 0) is 0 Å². The molecule has 0 saturated heterocycles. The van der Waals surface area contributed by atoms with E-state index in [4.69, 9.17) is 10.00 Å². The Morgan fingerprint density at radius 3 is 2.79 bits per heavy atom. The van der Waals surface area contributed by atoms with Crippen LogP contribution in [0.2, 0.25) is 0 Å². The van der Waals surface area contributed by atoms with Gasteiger partial charge in [0.05, 0.1) is 16.6 Å². The molecule has 0 spiro atoms. The maximum Gasteiger partial charge on any atom is 0.312 e. The van der Waals surface area contributed by atoms with Crippen molar-refractivity contribution < 1.29 is 14.1 Å². The van der Waals surface area contributed by atoms with Crippen molar-refractivity contribution in [2.45, 2.75) is 0 Å². The van der Waals surface area contributed by atoms with Gasteiger partial charge in [0, 0.05) is 12.1 Å². The van der Waals surface area contributed by atoms with Crippen molar-refractivity contribution in [2.24, 2.45) is 0 Å². The number of nitro benzene ring substituents is 1. The fraction of sp³-hybridized carbons (Fsp3) is 0. The fourth-order valence-electron chi connectivity index (χ4n) is 1.38. The summed E-state index contributed by atoms with van der Waals surface area (Å²) in [4.78, 5) is 13.6. The topological polar surface area (TPSA) is 89.0 Å². The van der Waals surface area contributed by atoms with Gasteiger partial charge in [-0.15, -0.1) is 0 Å². The molecule has 0 aliphatic rings. The largest absolute Gasteiger partial charge is 0.432 e. The Balaban J connectivity index is 2.40. The zero-order valence-electron chi connectivity index (χ0n) is 9.41. The van der Waals surface area contributed by atoms with Gasteiger partial charge in [-0.3, -0.25) is 10.1 Å². The first-order valence-electron chi connectivity index (χ1n) is 5.09. The molecule has 0 atom stereocenters. The number of nitrogens with zero attached hydrogens (tertiary/aromatic N) is 3. The van der Waals surface area contributed by atoms with Gasteiger partial charge in [0.1, 0.15) is 0 Å². The number of benzene rings is 1. The Bertz CT molecular complexity index is 682. The second kappa shape index (κ2) is 5.10. The van der Waals surface area contributed by atoms with Crippen LogP contribution >= 0.6 is 0 Å². The van der Waals surface area contributed by atoms with E-state index in [0.717, 1.165) is 12.1 Å². The lowest BCUT2D eigenvalue weighted by molar-refractivity contribution is -0.385. The number of hydrogen-bond donors (Lipinski definition) is 0. The molecule has 94 valence electrons. The number of halogens is 1. The minimum absolute atomic E-state index is 0.104. The summed E-state index contributed by atoms with van der Waals surface area (Å²) in [6, 6.07) is 9.35. The lowest BCUT2D eigenvalue weighted by Crippen LogP contribution is -1.96. The quantitative estimate of drug-likeness (QED) is 0.480. The summed E-state index contributed by atoms with van der Waals surface area (Å²) in [5.41, 5.74) is -0.253. The first-order valence-corrected chi connectivity index (χ1v) is 5.09. The maximum absolute atomic E-state index is 12.9. The van der Waals surface area contributed by atoms with Crippen LogP contribution in [0.25, 0.3) is 0 Å². The molecule has 0 unspecified atom stereocenters. The first-order chi connectivity index (χ1) is 9.10. The second-order valence-corrected chi connectivity index (χ2v) is 3.45. The van der Waals surface area contributed by atoms with Gasteiger partial charge >= 0.3 is 5.69 Å². The highest BCUT2D eigenvalue weighted by atomic mass is 19.1. The highest BCUT2D eigenvalue weighted by Crippen LogP contribution is 2.31. The van der Waals surface area contributed by atoms with E-state index in [1.165, 1.54) is 24.3 Å². The van der Waals surface area contributed by atoms with Crippen LogP contribution in [0.3, 0.4) is 0 Å². The van der Waals surface area contributed by atoms with Gasteiger partial charge < -0.3 is 4.74 Å². The molecule has 7 heteroatoms. The maximum atomic E-state index is 12.9. The first kappa shape index (κ1) is 12.4. The summed E-state index contributed by atoms with van der Waals surface area (Å²) in [7, 11) is 0. The van der Waals surface area contributed by atoms with Gasteiger partial charge in [-0.05, 0) is 18.2 Å². The van der Waals surface area contributed by atoms with Crippen molar-refractivity contribution in [3.63, 3.8) is 0 Å². The van der Waals surface area contributed by atoms with Gasteiger partial charge in [0.25, 0.3) is 0 Å². The normalized spacial score (nSPS) is 9.68. The number of nitro groups is 1. The number of ether oxygens (including phenoxy) is 1. The predicted molar refractivity (Wildman–Crippen MR) is 62.1 cm³/mol. The summed E-state index contributed by atoms with van der Waals surface area (Å²) in [6.45, 7) is 0. The molecule has 0 amide bonds. The third-order valence-electron chi connectivity index (χ3n) is 2.19. The minimum Gasteiger partial charge on any atom is -0.432 e. The molecule has 2 aromatic rings. The van der Waals surface area contributed by atoms with Crippen LogP contribution < -0.4 is 4.74 Å². The van der Waals surface area contributed by atoms with Crippen molar-refractivity contribution >= 4 is 5.69 Å². The second-order valence-electron chi connectivity index (χ2n) is 3.45. The summed E-state index contributed by atoms with van der Waals surface area (Å²) in [5.74, 6) is -0.969. The Hall–Kier alpha value is -3.01. The van der Waals surface area contributed by atoms with Gasteiger partial charge in [-0.1, -0.05) is 6.07 Å². The van der Waals surface area contributed by atoms with Crippen LogP contribution in [0.4, 0.5) is 10.1 Å². The van der Waals surface area contributed by atoms with Gasteiger partial charge in [0.2, 0.25) is 17.6 Å². The van der Waals surface area contributed by atoms with Crippen LogP contribution in [0.1, 0.15) is 5.56 Å². The molecule has 0 N–H and O–H groups in total. The van der Waals surface area contributed by atoms with E-state index in [1.807, 2.05) is 0 Å². The smallest absolute Gasteiger partial charge is 0.312 e. The van der Waals surface area contributed by atoms with Crippen LogP contribution in [-0.4, -0.2) is 9.91 Å². The van der Waals surface area contributed by atoms with Crippen LogP contribution in [0.15, 0.2) is 36.4 Å². The zero-order chi connectivity index (χ0) is 13.8. The predicted octanol–water partition coefficient (Wildman–Crippen LogP) is 2.79. The van der Waals surface area contributed by atoms with E-state index in [0.29, 0.717) is 0 Å². The van der Waals surface area contributed by atoms with E-state index in [-0.39, 0.29) is 22.9 Å². The molecular formula is C12H6FN3O3. The molecule has 0 fully saturated rings. The molecule has 0 bridgehead atoms. The summed E-state index contributed by atoms with van der Waals surface area (Å²) in [5, 5.41) is 19.6. The Kier molecular flexibility index (Phi) is 3.34. The van der Waals surface area contributed by atoms with Crippen LogP contribution in [0, 0.1) is 27.4 Å². The average molecular weight is 259 g/mol. The average Bonchev–Trinajstić information content (AvgIpc) is 2.39. The van der Waals surface area contributed by atoms with E-state index < -0.39 is 10.9 Å². The number of rotatable bonds is 3.